The molecule has 0 aliphatic heterocycles. The Bertz CT molecular complexity index is 110. The van der Waals surface area contributed by atoms with Gasteiger partial charge in [-0.2, -0.15) is 25.3 Å². The van der Waals surface area contributed by atoms with Crippen LogP contribution in [0, 0.1) is 0 Å². The Hall–Kier alpha value is 2.21. The van der Waals surface area contributed by atoms with Gasteiger partial charge in [-0.3, -0.25) is 0 Å². The molecule has 0 aliphatic carbocycles. The minimum absolute atomic E-state index is 0. The predicted molar refractivity (Wildman–Crippen MR) is 37.7 cm³/mol. The molecule has 0 bridgehead atoms. The Morgan fingerprint density at radius 1 is 1.00 bits per heavy atom. The van der Waals surface area contributed by atoms with Crippen molar-refractivity contribution >= 4 is 37.2 Å². The van der Waals surface area contributed by atoms with Crippen molar-refractivity contribution in [3.8, 4) is 0 Å². The SMILES string of the molecule is O=C([O-])CS.O=C([O-])CS.[Hg+].[K+]. The zero-order valence-corrected chi connectivity index (χ0v) is 17.1. The topological polar surface area (TPSA) is 80.3 Å². The third-order valence-electron chi connectivity index (χ3n) is 0.258. The summed E-state index contributed by atoms with van der Waals surface area (Å²) in [6.45, 7) is 0. The van der Waals surface area contributed by atoms with E-state index in [0.717, 1.165) is 0 Å². The van der Waals surface area contributed by atoms with Crippen LogP contribution in [0.3, 0.4) is 0 Å². The van der Waals surface area contributed by atoms with E-state index in [9.17, 15) is 19.8 Å². The maximum Gasteiger partial charge on any atom is 1.00 e. The second-order valence-electron chi connectivity index (χ2n) is 1.06. The van der Waals surface area contributed by atoms with Crippen LogP contribution in [0.4, 0.5) is 0 Å². The van der Waals surface area contributed by atoms with Crippen molar-refractivity contribution in [2.75, 3.05) is 11.5 Å². The predicted octanol–water partition coefficient (Wildman–Crippen LogP) is -5.67. The van der Waals surface area contributed by atoms with Crippen molar-refractivity contribution in [2.24, 2.45) is 0 Å². The average Bonchev–Trinajstić information content (AvgIpc) is 1.89. The van der Waals surface area contributed by atoms with Crippen molar-refractivity contribution in [3.63, 3.8) is 0 Å². The number of thiol groups is 2. The fourth-order valence-corrected chi connectivity index (χ4v) is 0. The standard InChI is InChI=1S/2C2H4O2S.Hg.K/c2*3-2(4)1-5;;/h2*5H,1H2,(H,3,4);;/q;;2*+1/p-2. The zero-order valence-electron chi connectivity index (χ0n) is 6.65. The van der Waals surface area contributed by atoms with E-state index in [2.05, 4.69) is 25.3 Å². The summed E-state index contributed by atoms with van der Waals surface area (Å²) in [6.07, 6.45) is 0. The summed E-state index contributed by atoms with van der Waals surface area (Å²) in [5.41, 5.74) is 0. The molecule has 0 spiro atoms. The van der Waals surface area contributed by atoms with Crippen molar-refractivity contribution in [2.45, 2.75) is 0 Å². The van der Waals surface area contributed by atoms with Gasteiger partial charge in [-0.1, -0.05) is 0 Å². The van der Waals surface area contributed by atoms with Crippen LogP contribution in [0.1, 0.15) is 0 Å². The van der Waals surface area contributed by atoms with Crippen LogP contribution < -0.4 is 61.6 Å². The van der Waals surface area contributed by atoms with E-state index >= 15 is 0 Å². The Labute approximate surface area is 145 Å². The quantitative estimate of drug-likeness (QED) is 0.344. The molecule has 4 nitrogen and oxygen atoms in total. The number of carboxylic acid groups (broad SMARTS) is 2. The van der Waals surface area contributed by atoms with Crippen LogP contribution >= 0.6 is 25.3 Å². The molecule has 0 saturated carbocycles. The number of hydrogen-bond acceptors (Lipinski definition) is 6. The third-order valence-corrected chi connectivity index (χ3v) is 0.775. The molecule has 0 aromatic rings. The van der Waals surface area contributed by atoms with Gasteiger partial charge < -0.3 is 19.8 Å². The molecule has 0 aromatic carbocycles. The van der Waals surface area contributed by atoms with E-state index in [-0.39, 0.29) is 90.6 Å². The third kappa shape index (κ3) is 39.8. The molecular weight excluding hydrogens is 416 g/mol. The number of carboxylic acids is 2. The molecular formula is C4H6HgKO4S2. The van der Waals surface area contributed by atoms with Crippen LogP contribution in [0.15, 0.2) is 0 Å². The van der Waals surface area contributed by atoms with E-state index in [0.29, 0.717) is 0 Å². The Morgan fingerprint density at radius 2 is 1.08 bits per heavy atom. The van der Waals surface area contributed by atoms with Gasteiger partial charge in [0.05, 0.1) is 11.9 Å². The van der Waals surface area contributed by atoms with E-state index < -0.39 is 11.9 Å². The van der Waals surface area contributed by atoms with Gasteiger partial charge in [-0.05, 0) is 0 Å². The first kappa shape index (κ1) is 23.8. The number of aliphatic carboxylic acids is 2. The first-order chi connectivity index (χ1) is 4.54. The Kier molecular flexibility index (Phi) is 37.5. The molecule has 12 heavy (non-hydrogen) atoms. The monoisotopic (exact) mass is 423 g/mol. The van der Waals surface area contributed by atoms with Crippen LogP contribution in [0.2, 0.25) is 0 Å². The van der Waals surface area contributed by atoms with Gasteiger partial charge in [-0.25, -0.2) is 0 Å². The maximum absolute atomic E-state index is 9.18. The van der Waals surface area contributed by atoms with Gasteiger partial charge in [-0.15, -0.1) is 0 Å². The maximum atomic E-state index is 9.18. The second-order valence-corrected chi connectivity index (χ2v) is 1.69. The fourth-order valence-electron chi connectivity index (χ4n) is 0. The number of carbonyl (C=O) groups is 2. The summed E-state index contributed by atoms with van der Waals surface area (Å²) < 4.78 is 0. The summed E-state index contributed by atoms with van der Waals surface area (Å²) in [5.74, 6) is -2.65. The van der Waals surface area contributed by atoms with Gasteiger partial charge in [0.1, 0.15) is 0 Å². The summed E-state index contributed by atoms with van der Waals surface area (Å²) in [5, 5.41) is 18.4. The minimum atomic E-state index is -1.13. The molecule has 0 rings (SSSR count). The smallest absolute Gasteiger partial charge is 0.549 e. The molecule has 0 aromatic heterocycles. The van der Waals surface area contributed by atoms with Gasteiger partial charge in [0.25, 0.3) is 0 Å². The van der Waals surface area contributed by atoms with Crippen molar-refractivity contribution in [1.82, 2.24) is 0 Å². The second kappa shape index (κ2) is 18.9. The van der Waals surface area contributed by atoms with Crippen molar-refractivity contribution in [3.05, 3.63) is 0 Å². The Balaban J connectivity index is -0.0000000457. The van der Waals surface area contributed by atoms with E-state index in [4.69, 9.17) is 0 Å². The van der Waals surface area contributed by atoms with E-state index in [1.54, 1.807) is 0 Å². The van der Waals surface area contributed by atoms with E-state index in [1.807, 2.05) is 0 Å². The van der Waals surface area contributed by atoms with Gasteiger partial charge in [0.15, 0.2) is 0 Å². The van der Waals surface area contributed by atoms with Crippen molar-refractivity contribution < 1.29 is 98.9 Å². The molecule has 0 amide bonds. The van der Waals surface area contributed by atoms with Gasteiger partial charge in [0.2, 0.25) is 0 Å². The summed E-state index contributed by atoms with van der Waals surface area (Å²) >= 11 is 6.71. The minimum Gasteiger partial charge on any atom is -0.549 e. The van der Waals surface area contributed by atoms with Crippen LogP contribution in [-0.2, 0) is 37.3 Å². The largest absolute Gasteiger partial charge is 1.00 e. The van der Waals surface area contributed by atoms with Crippen LogP contribution in [0.25, 0.3) is 0 Å². The molecule has 0 saturated heterocycles. The molecule has 61 valence electrons. The molecule has 0 aliphatic rings. The Morgan fingerprint density at radius 3 is 1.08 bits per heavy atom. The number of rotatable bonds is 2. The number of hydrogen-bond donors (Lipinski definition) is 2. The van der Waals surface area contributed by atoms with E-state index in [1.165, 1.54) is 0 Å². The summed E-state index contributed by atoms with van der Waals surface area (Å²) in [6, 6.07) is 0. The first-order valence-electron chi connectivity index (χ1n) is 2.16. The first-order valence-corrected chi connectivity index (χ1v) is 3.42. The molecule has 0 unspecified atom stereocenters. The fraction of sp³-hybridized carbons (Fsp3) is 0.500. The molecule has 1 radical (unpaired) electrons. The molecule has 8 heteroatoms. The normalized spacial score (nSPS) is 6.17. The molecule has 0 N–H and O–H groups in total. The van der Waals surface area contributed by atoms with Gasteiger partial charge >= 0.3 is 79.1 Å². The van der Waals surface area contributed by atoms with Crippen molar-refractivity contribution in [1.29, 1.82) is 0 Å². The van der Waals surface area contributed by atoms with Crippen LogP contribution in [-0.4, -0.2) is 23.4 Å². The van der Waals surface area contributed by atoms with Gasteiger partial charge in [0, 0.05) is 11.5 Å². The molecule has 0 atom stereocenters. The summed E-state index contributed by atoms with van der Waals surface area (Å²) in [4.78, 5) is 18.4. The van der Waals surface area contributed by atoms with Crippen LogP contribution in [0.5, 0.6) is 0 Å². The summed E-state index contributed by atoms with van der Waals surface area (Å²) in [7, 11) is 0. The average molecular weight is 422 g/mol. The molecule has 0 heterocycles. The number of carbonyl (C=O) groups excluding carboxylic acids is 2. The molecule has 0 fully saturated rings. The zero-order chi connectivity index (χ0) is 8.57.